The smallest absolute Gasteiger partial charge is 0.311 e. The Kier molecular flexibility index (Phi) is 10.6. The summed E-state index contributed by atoms with van der Waals surface area (Å²) in [5.41, 5.74) is -0.820. The molecule has 0 aromatic rings. The maximum absolute atomic E-state index is 13.3. The van der Waals surface area contributed by atoms with Gasteiger partial charge in [0.2, 0.25) is 0 Å². The van der Waals surface area contributed by atoms with Crippen molar-refractivity contribution in [3.8, 4) is 0 Å². The van der Waals surface area contributed by atoms with Gasteiger partial charge in [0.1, 0.15) is 5.60 Å². The van der Waals surface area contributed by atoms with E-state index in [0.29, 0.717) is 25.7 Å². The number of aliphatic hydroxyl groups excluding tert-OH is 1. The Morgan fingerprint density at radius 2 is 1.89 bits per heavy atom. The van der Waals surface area contributed by atoms with Gasteiger partial charge in [-0.25, -0.2) is 0 Å². The molecule has 210 valence electrons. The van der Waals surface area contributed by atoms with E-state index in [1.54, 1.807) is 0 Å². The molecule has 9 heteroatoms. The zero-order valence-electron chi connectivity index (χ0n) is 24.0. The van der Waals surface area contributed by atoms with E-state index < -0.39 is 31.8 Å². The first-order chi connectivity index (χ1) is 16.5. The number of methoxy groups -OCH3 is 1. The summed E-state index contributed by atoms with van der Waals surface area (Å²) >= 11 is 0. The minimum absolute atomic E-state index is 0.0352. The van der Waals surface area contributed by atoms with Gasteiger partial charge in [-0.2, -0.15) is 0 Å². The van der Waals surface area contributed by atoms with Crippen molar-refractivity contribution in [3.63, 3.8) is 0 Å². The van der Waals surface area contributed by atoms with Gasteiger partial charge < -0.3 is 28.5 Å². The quantitative estimate of drug-likeness (QED) is 0.275. The Bertz CT molecular complexity index is 751. The highest BCUT2D eigenvalue weighted by atomic mass is 28.4. The molecule has 2 rings (SSSR count). The fourth-order valence-electron chi connectivity index (χ4n) is 5.00. The fraction of sp³-hybridized carbons (Fsp3) is 0.926. The standard InChI is InChI=1S/C27H50O8Si/c1-19-11-12-22-15-21(29)16-27(31-7,33-22)18-24(30)34-26(6,13-10-14-32-20(2)28)17-23(19)35-36(8,9)25(3,4)5/h19,21-23,29H,10-18H2,1-9H3/t19-,21+,22-,23-,26-,27-/m0/s1. The molecule has 2 fully saturated rings. The first-order valence-electron chi connectivity index (χ1n) is 13.4. The number of hydrogen-bond donors (Lipinski definition) is 1. The number of carbonyl (C=O) groups excluding carboxylic acids is 2. The molecule has 2 aliphatic heterocycles. The molecule has 6 atom stereocenters. The predicted molar refractivity (Wildman–Crippen MR) is 140 cm³/mol. The van der Waals surface area contributed by atoms with Gasteiger partial charge in [0.25, 0.3) is 0 Å². The lowest BCUT2D eigenvalue weighted by molar-refractivity contribution is -0.290. The lowest BCUT2D eigenvalue weighted by Gasteiger charge is -2.46. The topological polar surface area (TPSA) is 101 Å². The minimum Gasteiger partial charge on any atom is -0.466 e. The predicted octanol–water partition coefficient (Wildman–Crippen LogP) is 5.11. The normalized spacial score (nSPS) is 34.8. The molecule has 0 aromatic carbocycles. The molecule has 0 saturated carbocycles. The van der Waals surface area contributed by atoms with Crippen LogP contribution in [0, 0.1) is 5.92 Å². The molecule has 8 nitrogen and oxygen atoms in total. The Morgan fingerprint density at radius 3 is 2.47 bits per heavy atom. The van der Waals surface area contributed by atoms with Gasteiger partial charge >= 0.3 is 11.9 Å². The average molecular weight is 531 g/mol. The first-order valence-corrected chi connectivity index (χ1v) is 16.3. The number of aliphatic hydroxyl groups is 1. The van der Waals surface area contributed by atoms with E-state index in [1.165, 1.54) is 14.0 Å². The summed E-state index contributed by atoms with van der Waals surface area (Å²) in [5, 5.41) is 10.6. The highest BCUT2D eigenvalue weighted by Crippen LogP contribution is 2.42. The van der Waals surface area contributed by atoms with E-state index in [4.69, 9.17) is 23.4 Å². The largest absolute Gasteiger partial charge is 0.466 e. The molecule has 0 unspecified atom stereocenters. The van der Waals surface area contributed by atoms with Crippen LogP contribution in [0.3, 0.4) is 0 Å². The minimum atomic E-state index is -2.11. The summed E-state index contributed by atoms with van der Waals surface area (Å²) in [7, 11) is -0.600. The molecule has 0 radical (unpaired) electrons. The van der Waals surface area contributed by atoms with Gasteiger partial charge in [0, 0.05) is 26.9 Å². The third-order valence-electron chi connectivity index (χ3n) is 8.23. The maximum atomic E-state index is 13.3. The summed E-state index contributed by atoms with van der Waals surface area (Å²) in [4.78, 5) is 24.5. The van der Waals surface area contributed by atoms with Crippen molar-refractivity contribution in [2.24, 2.45) is 5.92 Å². The Hall–Kier alpha value is -1.00. The van der Waals surface area contributed by atoms with Crippen LogP contribution in [-0.4, -0.2) is 68.8 Å². The van der Waals surface area contributed by atoms with Gasteiger partial charge in [-0.05, 0) is 63.1 Å². The maximum Gasteiger partial charge on any atom is 0.311 e. The second-order valence-corrected chi connectivity index (χ2v) is 17.4. The highest BCUT2D eigenvalue weighted by Gasteiger charge is 2.47. The third-order valence-corrected chi connectivity index (χ3v) is 12.7. The number of rotatable bonds is 7. The van der Waals surface area contributed by atoms with Gasteiger partial charge in [0.05, 0.1) is 31.3 Å². The molecule has 2 aliphatic rings. The second-order valence-electron chi connectivity index (χ2n) is 12.7. The van der Waals surface area contributed by atoms with E-state index in [2.05, 4.69) is 40.8 Å². The first kappa shape index (κ1) is 31.2. The summed E-state index contributed by atoms with van der Waals surface area (Å²) in [6.45, 7) is 16.9. The molecule has 1 N–H and O–H groups in total. The van der Waals surface area contributed by atoms with E-state index in [0.717, 1.165) is 12.8 Å². The lowest BCUT2D eigenvalue weighted by Crippen LogP contribution is -2.51. The van der Waals surface area contributed by atoms with Crippen molar-refractivity contribution in [1.29, 1.82) is 0 Å². The molecule has 2 heterocycles. The average Bonchev–Trinajstić information content (AvgIpc) is 2.72. The summed E-state index contributed by atoms with van der Waals surface area (Å²) in [6.07, 6.45) is 2.99. The summed E-state index contributed by atoms with van der Waals surface area (Å²) in [6, 6.07) is 0. The van der Waals surface area contributed by atoms with Crippen LogP contribution in [-0.2, 0) is 33.0 Å². The van der Waals surface area contributed by atoms with Crippen molar-refractivity contribution in [3.05, 3.63) is 0 Å². The Morgan fingerprint density at radius 1 is 1.22 bits per heavy atom. The van der Waals surface area contributed by atoms with Gasteiger partial charge in [-0.1, -0.05) is 27.7 Å². The van der Waals surface area contributed by atoms with Gasteiger partial charge in [-0.3, -0.25) is 9.59 Å². The van der Waals surface area contributed by atoms with Crippen LogP contribution >= 0.6 is 0 Å². The molecular formula is C27H50O8Si. The summed E-state index contributed by atoms with van der Waals surface area (Å²) in [5.74, 6) is -1.77. The monoisotopic (exact) mass is 530 g/mol. The van der Waals surface area contributed by atoms with Crippen molar-refractivity contribution < 1.29 is 38.1 Å². The fourth-order valence-corrected chi connectivity index (χ4v) is 6.43. The number of hydrogen-bond acceptors (Lipinski definition) is 8. The van der Waals surface area contributed by atoms with Crippen molar-refractivity contribution >= 4 is 20.3 Å². The van der Waals surface area contributed by atoms with Gasteiger partial charge in [0.15, 0.2) is 14.1 Å². The molecule has 2 saturated heterocycles. The Labute approximate surface area is 218 Å². The molecular weight excluding hydrogens is 480 g/mol. The van der Waals surface area contributed by atoms with Crippen LogP contribution in [0.25, 0.3) is 0 Å². The summed E-state index contributed by atoms with van der Waals surface area (Å²) < 4.78 is 30.2. The number of ether oxygens (including phenoxy) is 4. The molecule has 0 aliphatic carbocycles. The third kappa shape index (κ3) is 8.79. The van der Waals surface area contributed by atoms with Crippen molar-refractivity contribution in [1.82, 2.24) is 0 Å². The zero-order chi connectivity index (χ0) is 27.4. The second kappa shape index (κ2) is 12.2. The van der Waals surface area contributed by atoms with Crippen molar-refractivity contribution in [2.45, 2.75) is 141 Å². The lowest BCUT2D eigenvalue weighted by atomic mass is 9.84. The molecule has 0 aromatic heterocycles. The van der Waals surface area contributed by atoms with Crippen LogP contribution < -0.4 is 0 Å². The number of esters is 2. The highest BCUT2D eigenvalue weighted by molar-refractivity contribution is 6.74. The molecule has 0 spiro atoms. The van der Waals surface area contributed by atoms with E-state index in [-0.39, 0.29) is 48.6 Å². The van der Waals surface area contributed by atoms with E-state index in [1.807, 2.05) is 6.92 Å². The van der Waals surface area contributed by atoms with Crippen molar-refractivity contribution in [2.75, 3.05) is 13.7 Å². The van der Waals surface area contributed by atoms with E-state index in [9.17, 15) is 14.7 Å². The molecule has 2 bridgehead atoms. The van der Waals surface area contributed by atoms with Crippen LogP contribution in [0.5, 0.6) is 0 Å². The van der Waals surface area contributed by atoms with Crippen LogP contribution in [0.15, 0.2) is 0 Å². The zero-order valence-corrected chi connectivity index (χ0v) is 25.0. The number of fused-ring (bicyclic) bond motifs is 2. The number of carbonyl (C=O) groups is 2. The van der Waals surface area contributed by atoms with E-state index >= 15 is 0 Å². The molecule has 36 heavy (non-hydrogen) atoms. The van der Waals surface area contributed by atoms with Gasteiger partial charge in [-0.15, -0.1) is 0 Å². The number of cyclic esters (lactones) is 1. The van der Waals surface area contributed by atoms with Crippen LogP contribution in [0.4, 0.5) is 0 Å². The van der Waals surface area contributed by atoms with Crippen LogP contribution in [0.1, 0.15) is 92.9 Å². The SMILES string of the molecule is CO[C@@]12CC(=O)O[C@@](C)(CCCOC(C)=O)C[C@H](O[Si](C)(C)C(C)(C)C)[C@@H](C)CC[C@@H](C[C@@H](O)C1)O2. The van der Waals surface area contributed by atoms with Crippen LogP contribution in [0.2, 0.25) is 18.1 Å². The molecule has 0 amide bonds. The Balaban J connectivity index is 2.37.